The van der Waals surface area contributed by atoms with Crippen molar-refractivity contribution >= 4 is 0 Å². The molecule has 68 valence electrons. The van der Waals surface area contributed by atoms with E-state index >= 15 is 0 Å². The topological polar surface area (TPSA) is 30.7 Å². The van der Waals surface area contributed by atoms with Gasteiger partial charge in [0, 0.05) is 0 Å². The van der Waals surface area contributed by atoms with Gasteiger partial charge in [0.25, 0.3) is 0 Å². The van der Waals surface area contributed by atoms with Gasteiger partial charge in [-0.25, -0.2) is 9.67 Å². The lowest BCUT2D eigenvalue weighted by molar-refractivity contribution is -0.143. The van der Waals surface area contributed by atoms with Crippen LogP contribution in [0, 0.1) is 13.8 Å². The number of hydrogen-bond donors (Lipinski definition) is 0. The molecule has 1 aromatic heterocycles. The first-order valence-corrected chi connectivity index (χ1v) is 3.33. The molecule has 1 rings (SSSR count). The predicted octanol–water partition coefficient (Wildman–Crippen LogP) is 1.46. The normalized spacial score (nSPS) is 12.1. The molecule has 0 fully saturated rings. The van der Waals surface area contributed by atoms with Crippen LogP contribution in [0.4, 0.5) is 13.2 Å². The first-order chi connectivity index (χ1) is 5.38. The van der Waals surface area contributed by atoms with Gasteiger partial charge < -0.3 is 0 Å². The van der Waals surface area contributed by atoms with Crippen molar-refractivity contribution in [2.24, 2.45) is 0 Å². The zero-order valence-corrected chi connectivity index (χ0v) is 6.68. The number of rotatable bonds is 1. The van der Waals surface area contributed by atoms with Crippen LogP contribution in [-0.4, -0.2) is 20.9 Å². The number of nitrogens with zero attached hydrogens (tertiary/aromatic N) is 3. The van der Waals surface area contributed by atoms with E-state index in [0.29, 0.717) is 5.82 Å². The third-order valence-electron chi connectivity index (χ3n) is 1.29. The van der Waals surface area contributed by atoms with E-state index in [-0.39, 0.29) is 5.82 Å². The molecular formula is C6H8F3N3. The van der Waals surface area contributed by atoms with Crippen molar-refractivity contribution in [3.63, 3.8) is 0 Å². The molecule has 0 aliphatic heterocycles. The van der Waals surface area contributed by atoms with E-state index < -0.39 is 12.7 Å². The summed E-state index contributed by atoms with van der Waals surface area (Å²) in [5.74, 6) is 0.640. The molecule has 12 heavy (non-hydrogen) atoms. The maximum atomic E-state index is 11.8. The molecule has 6 heteroatoms. The van der Waals surface area contributed by atoms with E-state index in [1.807, 2.05) is 0 Å². The number of aromatic nitrogens is 3. The van der Waals surface area contributed by atoms with E-state index in [1.165, 1.54) is 6.92 Å². The summed E-state index contributed by atoms with van der Waals surface area (Å²) in [6.07, 6.45) is -4.23. The summed E-state index contributed by atoms with van der Waals surface area (Å²) in [4.78, 5) is 3.75. The third-order valence-corrected chi connectivity index (χ3v) is 1.29. The van der Waals surface area contributed by atoms with Crippen LogP contribution in [-0.2, 0) is 6.54 Å². The maximum Gasteiger partial charge on any atom is 0.408 e. The van der Waals surface area contributed by atoms with E-state index in [0.717, 1.165) is 4.68 Å². The van der Waals surface area contributed by atoms with Crippen LogP contribution in [0.1, 0.15) is 11.6 Å². The fourth-order valence-corrected chi connectivity index (χ4v) is 0.881. The van der Waals surface area contributed by atoms with Crippen LogP contribution in [0.15, 0.2) is 0 Å². The smallest absolute Gasteiger partial charge is 0.241 e. The van der Waals surface area contributed by atoms with Crippen LogP contribution in [0.25, 0.3) is 0 Å². The largest absolute Gasteiger partial charge is 0.408 e. The van der Waals surface area contributed by atoms with Gasteiger partial charge in [0.2, 0.25) is 0 Å². The summed E-state index contributed by atoms with van der Waals surface area (Å²) in [7, 11) is 0. The molecule has 0 saturated heterocycles. The standard InChI is InChI=1S/C6H8F3N3/c1-4-10-5(2)12(11-4)3-6(7,8)9/h3H2,1-2H3. The maximum absolute atomic E-state index is 11.8. The predicted molar refractivity (Wildman–Crippen MR) is 35.6 cm³/mol. The zero-order chi connectivity index (χ0) is 9.35. The lowest BCUT2D eigenvalue weighted by Crippen LogP contribution is -2.19. The highest BCUT2D eigenvalue weighted by Gasteiger charge is 2.29. The van der Waals surface area contributed by atoms with Crippen molar-refractivity contribution in [1.29, 1.82) is 0 Å². The Morgan fingerprint density at radius 1 is 1.33 bits per heavy atom. The molecule has 0 aliphatic rings. The Labute approximate surface area is 67.2 Å². The molecule has 0 radical (unpaired) electrons. The van der Waals surface area contributed by atoms with Crippen LogP contribution >= 0.6 is 0 Å². The van der Waals surface area contributed by atoms with E-state index in [9.17, 15) is 13.2 Å². The molecule has 0 amide bonds. The second-order valence-corrected chi connectivity index (χ2v) is 2.48. The minimum atomic E-state index is -4.23. The van der Waals surface area contributed by atoms with Gasteiger partial charge >= 0.3 is 6.18 Å². The Hall–Kier alpha value is -1.07. The van der Waals surface area contributed by atoms with E-state index in [4.69, 9.17) is 0 Å². The van der Waals surface area contributed by atoms with E-state index in [2.05, 4.69) is 10.1 Å². The lowest BCUT2D eigenvalue weighted by Gasteiger charge is -2.06. The van der Waals surface area contributed by atoms with Crippen LogP contribution in [0.3, 0.4) is 0 Å². The Morgan fingerprint density at radius 3 is 2.25 bits per heavy atom. The number of hydrogen-bond acceptors (Lipinski definition) is 2. The highest BCUT2D eigenvalue weighted by Crippen LogP contribution is 2.17. The van der Waals surface area contributed by atoms with Gasteiger partial charge in [0.15, 0.2) is 0 Å². The van der Waals surface area contributed by atoms with Crippen molar-refractivity contribution in [2.45, 2.75) is 26.6 Å². The fraction of sp³-hybridized carbons (Fsp3) is 0.667. The molecule has 0 aliphatic carbocycles. The monoisotopic (exact) mass is 179 g/mol. The minimum absolute atomic E-state index is 0.282. The van der Waals surface area contributed by atoms with Gasteiger partial charge in [-0.1, -0.05) is 0 Å². The summed E-state index contributed by atoms with van der Waals surface area (Å²) in [5.41, 5.74) is 0. The average Bonchev–Trinajstić information content (AvgIpc) is 2.06. The van der Waals surface area contributed by atoms with Gasteiger partial charge in [-0.05, 0) is 13.8 Å². The Bertz CT molecular complexity index is 276. The van der Waals surface area contributed by atoms with Crippen LogP contribution in [0.2, 0.25) is 0 Å². The minimum Gasteiger partial charge on any atom is -0.241 e. The quantitative estimate of drug-likeness (QED) is 0.653. The molecule has 0 N–H and O–H groups in total. The second kappa shape index (κ2) is 2.76. The molecule has 1 heterocycles. The van der Waals surface area contributed by atoms with Gasteiger partial charge in [-0.15, -0.1) is 0 Å². The summed E-state index contributed by atoms with van der Waals surface area (Å²) in [6, 6.07) is 0. The average molecular weight is 179 g/mol. The van der Waals surface area contributed by atoms with Gasteiger partial charge in [-0.2, -0.15) is 18.3 Å². The van der Waals surface area contributed by atoms with Gasteiger partial charge in [0.05, 0.1) is 0 Å². The highest BCUT2D eigenvalue weighted by molar-refractivity contribution is 4.87. The first-order valence-electron chi connectivity index (χ1n) is 3.33. The van der Waals surface area contributed by atoms with Crippen molar-refractivity contribution in [2.75, 3.05) is 0 Å². The molecule has 0 spiro atoms. The second-order valence-electron chi connectivity index (χ2n) is 2.48. The number of halogens is 3. The van der Waals surface area contributed by atoms with Gasteiger partial charge in [-0.3, -0.25) is 0 Å². The summed E-state index contributed by atoms with van der Waals surface area (Å²) >= 11 is 0. The molecule has 3 nitrogen and oxygen atoms in total. The number of alkyl halides is 3. The summed E-state index contributed by atoms with van der Waals surface area (Å²) in [5, 5.41) is 3.58. The van der Waals surface area contributed by atoms with Crippen LogP contribution < -0.4 is 0 Å². The number of aryl methyl sites for hydroxylation is 2. The Morgan fingerprint density at radius 2 is 1.92 bits per heavy atom. The molecule has 0 unspecified atom stereocenters. The molecule has 0 atom stereocenters. The Kier molecular flexibility index (Phi) is 2.08. The highest BCUT2D eigenvalue weighted by atomic mass is 19.4. The van der Waals surface area contributed by atoms with Gasteiger partial charge in [0.1, 0.15) is 18.2 Å². The van der Waals surface area contributed by atoms with E-state index in [1.54, 1.807) is 6.92 Å². The molecule has 0 aromatic carbocycles. The SMILES string of the molecule is Cc1nc(C)n(CC(F)(F)F)n1. The van der Waals surface area contributed by atoms with Crippen LogP contribution in [0.5, 0.6) is 0 Å². The Balaban J connectivity index is 2.82. The zero-order valence-electron chi connectivity index (χ0n) is 6.68. The summed E-state index contributed by atoms with van der Waals surface area (Å²) < 4.78 is 36.4. The van der Waals surface area contributed by atoms with Crippen molar-refractivity contribution in [1.82, 2.24) is 14.8 Å². The molecular weight excluding hydrogens is 171 g/mol. The first kappa shape index (κ1) is 9.02. The lowest BCUT2D eigenvalue weighted by atomic mass is 10.6. The molecule has 0 bridgehead atoms. The third kappa shape index (κ3) is 2.21. The fourth-order valence-electron chi connectivity index (χ4n) is 0.881. The van der Waals surface area contributed by atoms with Crippen molar-refractivity contribution < 1.29 is 13.2 Å². The molecule has 1 aromatic rings. The van der Waals surface area contributed by atoms with Crippen molar-refractivity contribution in [3.05, 3.63) is 11.6 Å². The van der Waals surface area contributed by atoms with Crippen molar-refractivity contribution in [3.8, 4) is 0 Å². The summed E-state index contributed by atoms with van der Waals surface area (Å²) in [6.45, 7) is 1.98. The molecule has 0 saturated carbocycles.